The van der Waals surface area contributed by atoms with Gasteiger partial charge in [-0.1, -0.05) is 48.0 Å². The zero-order valence-corrected chi connectivity index (χ0v) is 11.5. The van der Waals surface area contributed by atoms with Gasteiger partial charge in [-0.25, -0.2) is 4.98 Å². The summed E-state index contributed by atoms with van der Waals surface area (Å²) in [5.74, 6) is 0. The van der Waals surface area contributed by atoms with Crippen molar-refractivity contribution in [3.8, 4) is 0 Å². The van der Waals surface area contributed by atoms with Gasteiger partial charge in [0.25, 0.3) is 0 Å². The number of halogens is 1. The number of hydrogen-bond acceptors (Lipinski definition) is 2. The van der Waals surface area contributed by atoms with Gasteiger partial charge >= 0.3 is 0 Å². The predicted molar refractivity (Wildman–Crippen MR) is 81.9 cm³/mol. The Bertz CT molecular complexity index is 665. The van der Waals surface area contributed by atoms with E-state index in [4.69, 9.17) is 11.6 Å². The van der Waals surface area contributed by atoms with Crippen LogP contribution in [0.2, 0.25) is 5.02 Å². The number of aromatic nitrogens is 2. The van der Waals surface area contributed by atoms with E-state index >= 15 is 0 Å². The summed E-state index contributed by atoms with van der Waals surface area (Å²) in [4.78, 5) is 7.36. The van der Waals surface area contributed by atoms with Crippen LogP contribution in [0.15, 0.2) is 67.1 Å². The third-order valence-corrected chi connectivity index (χ3v) is 3.32. The smallest absolute Gasteiger partial charge is 0.0955 e. The van der Waals surface area contributed by atoms with E-state index in [-0.39, 0.29) is 6.04 Å². The fourth-order valence-electron chi connectivity index (χ4n) is 2.15. The monoisotopic (exact) mass is 283 g/mol. The highest BCUT2D eigenvalue weighted by atomic mass is 35.5. The van der Waals surface area contributed by atoms with Gasteiger partial charge in [0.2, 0.25) is 0 Å². The van der Waals surface area contributed by atoms with Crippen molar-refractivity contribution in [2.45, 2.75) is 6.04 Å². The van der Waals surface area contributed by atoms with Gasteiger partial charge in [0.1, 0.15) is 0 Å². The number of nitrogens with zero attached hydrogens (tertiary/aromatic N) is 1. The highest BCUT2D eigenvalue weighted by Crippen LogP contribution is 2.26. The maximum absolute atomic E-state index is 6.04. The molecule has 0 bridgehead atoms. The van der Waals surface area contributed by atoms with Crippen LogP contribution in [0.3, 0.4) is 0 Å². The van der Waals surface area contributed by atoms with E-state index in [0.29, 0.717) is 5.02 Å². The van der Waals surface area contributed by atoms with E-state index in [9.17, 15) is 0 Å². The van der Waals surface area contributed by atoms with Crippen molar-refractivity contribution >= 4 is 17.3 Å². The van der Waals surface area contributed by atoms with Crippen molar-refractivity contribution < 1.29 is 0 Å². The zero-order valence-electron chi connectivity index (χ0n) is 10.8. The third kappa shape index (κ3) is 2.83. The summed E-state index contributed by atoms with van der Waals surface area (Å²) in [7, 11) is 0. The fraction of sp³-hybridized carbons (Fsp3) is 0.0625. The summed E-state index contributed by atoms with van der Waals surface area (Å²) in [6.07, 6.45) is 3.58. The highest BCUT2D eigenvalue weighted by Gasteiger charge is 2.15. The largest absolute Gasteiger partial charge is 0.373 e. The van der Waals surface area contributed by atoms with Gasteiger partial charge in [-0.05, 0) is 23.8 Å². The van der Waals surface area contributed by atoms with Crippen molar-refractivity contribution in [2.24, 2.45) is 0 Å². The SMILES string of the molecule is Clc1cccc(NC(c2ccccc2)c2c[nH]cn2)c1. The van der Waals surface area contributed by atoms with Crippen LogP contribution in [-0.4, -0.2) is 9.97 Å². The minimum atomic E-state index is -0.0130. The van der Waals surface area contributed by atoms with Crippen LogP contribution in [0, 0.1) is 0 Å². The molecule has 0 amide bonds. The minimum absolute atomic E-state index is 0.0130. The number of imidazole rings is 1. The molecule has 3 nitrogen and oxygen atoms in total. The Kier molecular flexibility index (Phi) is 3.70. The molecule has 0 saturated carbocycles. The molecule has 1 heterocycles. The van der Waals surface area contributed by atoms with Crippen molar-refractivity contribution in [2.75, 3.05) is 5.32 Å². The molecule has 1 aromatic heterocycles. The normalized spacial score (nSPS) is 12.1. The van der Waals surface area contributed by atoms with E-state index < -0.39 is 0 Å². The van der Waals surface area contributed by atoms with Crippen molar-refractivity contribution in [1.82, 2.24) is 9.97 Å². The molecule has 3 rings (SSSR count). The number of nitrogens with one attached hydrogen (secondary N) is 2. The van der Waals surface area contributed by atoms with Gasteiger partial charge in [-0.2, -0.15) is 0 Å². The lowest BCUT2D eigenvalue weighted by atomic mass is 10.0. The topological polar surface area (TPSA) is 40.7 Å². The Balaban J connectivity index is 1.95. The van der Waals surface area contributed by atoms with Gasteiger partial charge < -0.3 is 10.3 Å². The second kappa shape index (κ2) is 5.80. The molecule has 0 aliphatic rings. The summed E-state index contributed by atoms with van der Waals surface area (Å²) in [6.45, 7) is 0. The Morgan fingerprint density at radius 1 is 1.05 bits per heavy atom. The highest BCUT2D eigenvalue weighted by molar-refractivity contribution is 6.30. The van der Waals surface area contributed by atoms with Crippen LogP contribution < -0.4 is 5.32 Å². The number of rotatable bonds is 4. The first-order valence-electron chi connectivity index (χ1n) is 6.38. The summed E-state index contributed by atoms with van der Waals surface area (Å²) >= 11 is 6.04. The van der Waals surface area contributed by atoms with Crippen LogP contribution in [0.5, 0.6) is 0 Å². The van der Waals surface area contributed by atoms with Crippen LogP contribution in [-0.2, 0) is 0 Å². The lowest BCUT2D eigenvalue weighted by molar-refractivity contribution is 0.899. The first kappa shape index (κ1) is 12.8. The van der Waals surface area contributed by atoms with Gasteiger partial charge in [0.05, 0.1) is 18.1 Å². The van der Waals surface area contributed by atoms with Crippen LogP contribution in [0.25, 0.3) is 0 Å². The van der Waals surface area contributed by atoms with Crippen LogP contribution in [0.4, 0.5) is 5.69 Å². The van der Waals surface area contributed by atoms with E-state index in [1.165, 1.54) is 0 Å². The summed E-state index contributed by atoms with van der Waals surface area (Å²) in [5, 5.41) is 4.18. The molecule has 1 atom stereocenters. The van der Waals surface area contributed by atoms with Crippen LogP contribution in [0.1, 0.15) is 17.3 Å². The molecule has 4 heteroatoms. The number of hydrogen-bond donors (Lipinski definition) is 2. The molecule has 0 fully saturated rings. The molecule has 3 aromatic rings. The Labute approximate surface area is 122 Å². The molecule has 0 aliphatic heterocycles. The average Bonchev–Trinajstić information content (AvgIpc) is 3.00. The van der Waals surface area contributed by atoms with Crippen molar-refractivity contribution in [3.63, 3.8) is 0 Å². The molecule has 0 saturated heterocycles. The minimum Gasteiger partial charge on any atom is -0.373 e. The second-order valence-electron chi connectivity index (χ2n) is 4.49. The van der Waals surface area contributed by atoms with Gasteiger partial charge in [0.15, 0.2) is 0 Å². The Morgan fingerprint density at radius 3 is 2.60 bits per heavy atom. The molecule has 2 N–H and O–H groups in total. The van der Waals surface area contributed by atoms with Gasteiger partial charge in [0, 0.05) is 16.9 Å². The predicted octanol–water partition coefficient (Wildman–Crippen LogP) is 4.26. The molecule has 0 aliphatic carbocycles. The van der Waals surface area contributed by atoms with Crippen LogP contribution >= 0.6 is 11.6 Å². The first-order chi connectivity index (χ1) is 9.83. The maximum atomic E-state index is 6.04. The Morgan fingerprint density at radius 2 is 1.90 bits per heavy atom. The molecular formula is C16H14ClN3. The standard InChI is InChI=1S/C16H14ClN3/c17-13-7-4-8-14(9-13)20-16(15-10-18-11-19-15)12-5-2-1-3-6-12/h1-11,16,20H,(H,18,19). The summed E-state index contributed by atoms with van der Waals surface area (Å²) in [6, 6.07) is 17.9. The van der Waals surface area contributed by atoms with E-state index in [2.05, 4.69) is 27.4 Å². The summed E-state index contributed by atoms with van der Waals surface area (Å²) < 4.78 is 0. The van der Waals surface area contributed by atoms with Crippen molar-refractivity contribution in [3.05, 3.63) is 83.4 Å². The van der Waals surface area contributed by atoms with E-state index in [1.807, 2.05) is 48.7 Å². The lowest BCUT2D eigenvalue weighted by Gasteiger charge is -2.18. The molecule has 100 valence electrons. The van der Waals surface area contributed by atoms with E-state index in [0.717, 1.165) is 16.9 Å². The zero-order chi connectivity index (χ0) is 13.8. The van der Waals surface area contributed by atoms with Crippen molar-refractivity contribution in [1.29, 1.82) is 0 Å². The van der Waals surface area contributed by atoms with Gasteiger partial charge in [-0.3, -0.25) is 0 Å². The Hall–Kier alpha value is -2.26. The first-order valence-corrected chi connectivity index (χ1v) is 6.76. The maximum Gasteiger partial charge on any atom is 0.0955 e. The van der Waals surface area contributed by atoms with E-state index in [1.54, 1.807) is 6.33 Å². The molecule has 20 heavy (non-hydrogen) atoms. The third-order valence-electron chi connectivity index (χ3n) is 3.08. The molecule has 1 unspecified atom stereocenters. The number of anilines is 1. The number of H-pyrrole nitrogens is 1. The average molecular weight is 284 g/mol. The second-order valence-corrected chi connectivity index (χ2v) is 4.93. The molecule has 2 aromatic carbocycles. The summed E-state index contributed by atoms with van der Waals surface area (Å²) in [5.41, 5.74) is 3.06. The van der Waals surface area contributed by atoms with Gasteiger partial charge in [-0.15, -0.1) is 0 Å². The molecule has 0 radical (unpaired) electrons. The quantitative estimate of drug-likeness (QED) is 0.751. The molecular weight excluding hydrogens is 270 g/mol. The fourth-order valence-corrected chi connectivity index (χ4v) is 2.34. The molecule has 0 spiro atoms. The lowest BCUT2D eigenvalue weighted by Crippen LogP contribution is -2.12. The number of benzene rings is 2. The number of aromatic amines is 1.